The molecule has 1 heterocycles. The summed E-state index contributed by atoms with van der Waals surface area (Å²) in [6, 6.07) is 10.5. The third-order valence-corrected chi connectivity index (χ3v) is 2.48. The normalized spacial score (nSPS) is 15.6. The van der Waals surface area contributed by atoms with Gasteiger partial charge in [-0.3, -0.25) is 0 Å². The number of rotatable bonds is 2. The van der Waals surface area contributed by atoms with Gasteiger partial charge in [0.2, 0.25) is 0 Å². The van der Waals surface area contributed by atoms with Gasteiger partial charge in [0.1, 0.15) is 5.82 Å². The Bertz CT molecular complexity index is 327. The fourth-order valence-corrected chi connectivity index (χ4v) is 1.84. The van der Waals surface area contributed by atoms with Crippen molar-refractivity contribution in [3.05, 3.63) is 42.2 Å². The zero-order valence-corrected chi connectivity index (χ0v) is 8.77. The van der Waals surface area contributed by atoms with Crippen molar-refractivity contribution < 1.29 is 0 Å². The molecule has 0 bridgehead atoms. The molecule has 0 amide bonds. The fourth-order valence-electron chi connectivity index (χ4n) is 1.84. The summed E-state index contributed by atoms with van der Waals surface area (Å²) in [6.07, 6.45) is 3.43. The first kappa shape index (κ1) is 9.13. The molecule has 1 aliphatic rings. The van der Waals surface area contributed by atoms with Gasteiger partial charge < -0.3 is 9.80 Å². The quantitative estimate of drug-likeness (QED) is 0.702. The van der Waals surface area contributed by atoms with E-state index in [-0.39, 0.29) is 0 Å². The highest BCUT2D eigenvalue weighted by Gasteiger charge is 2.17. The van der Waals surface area contributed by atoms with Gasteiger partial charge in [-0.05, 0) is 24.6 Å². The first-order valence-electron chi connectivity index (χ1n) is 4.99. The molecule has 0 fully saturated rings. The summed E-state index contributed by atoms with van der Waals surface area (Å²) in [4.78, 5) is 4.51. The standard InChI is InChI=1S/C12H16N2/c1-13(2)12-9-6-10-14(12)11-7-4-3-5-8-11/h3-5,7-9H,6,10H2,1-2H3. The molecule has 2 nitrogen and oxygen atoms in total. The first-order chi connectivity index (χ1) is 6.79. The third kappa shape index (κ3) is 1.60. The molecule has 2 rings (SSSR count). The van der Waals surface area contributed by atoms with Crippen LogP contribution in [0.2, 0.25) is 0 Å². The second kappa shape index (κ2) is 3.74. The highest BCUT2D eigenvalue weighted by Crippen LogP contribution is 2.24. The maximum absolute atomic E-state index is 2.35. The van der Waals surface area contributed by atoms with Crippen molar-refractivity contribution in [3.8, 4) is 0 Å². The lowest BCUT2D eigenvalue weighted by Gasteiger charge is -2.27. The van der Waals surface area contributed by atoms with Crippen LogP contribution in [-0.2, 0) is 0 Å². The topological polar surface area (TPSA) is 6.48 Å². The Labute approximate surface area is 85.4 Å². The zero-order valence-electron chi connectivity index (χ0n) is 8.77. The Kier molecular flexibility index (Phi) is 2.44. The molecule has 2 heteroatoms. The summed E-state index contributed by atoms with van der Waals surface area (Å²) < 4.78 is 0. The molecule has 74 valence electrons. The molecule has 0 saturated carbocycles. The minimum Gasteiger partial charge on any atom is -0.364 e. The van der Waals surface area contributed by atoms with Crippen LogP contribution >= 0.6 is 0 Å². The molecular weight excluding hydrogens is 172 g/mol. The number of para-hydroxylation sites is 1. The molecule has 0 radical (unpaired) electrons. The molecule has 0 aromatic heterocycles. The monoisotopic (exact) mass is 188 g/mol. The maximum Gasteiger partial charge on any atom is 0.104 e. The molecule has 0 spiro atoms. The minimum atomic E-state index is 1.09. The van der Waals surface area contributed by atoms with E-state index in [1.54, 1.807) is 0 Å². The van der Waals surface area contributed by atoms with Gasteiger partial charge in [0.05, 0.1) is 0 Å². The van der Waals surface area contributed by atoms with Crippen molar-refractivity contribution in [2.45, 2.75) is 6.42 Å². The fraction of sp³-hybridized carbons (Fsp3) is 0.333. The van der Waals surface area contributed by atoms with Crippen LogP contribution in [0.3, 0.4) is 0 Å². The van der Waals surface area contributed by atoms with Crippen molar-refractivity contribution in [1.82, 2.24) is 4.90 Å². The van der Waals surface area contributed by atoms with Crippen LogP contribution in [0.15, 0.2) is 42.2 Å². The second-order valence-electron chi connectivity index (χ2n) is 3.73. The van der Waals surface area contributed by atoms with E-state index in [0.717, 1.165) is 13.0 Å². The first-order valence-corrected chi connectivity index (χ1v) is 4.99. The van der Waals surface area contributed by atoms with E-state index in [9.17, 15) is 0 Å². The van der Waals surface area contributed by atoms with E-state index in [0.29, 0.717) is 0 Å². The molecule has 0 aliphatic carbocycles. The van der Waals surface area contributed by atoms with E-state index in [1.807, 2.05) is 0 Å². The van der Waals surface area contributed by atoms with Crippen LogP contribution in [0, 0.1) is 0 Å². The van der Waals surface area contributed by atoms with E-state index in [1.165, 1.54) is 11.5 Å². The molecule has 0 N–H and O–H groups in total. The molecule has 14 heavy (non-hydrogen) atoms. The SMILES string of the molecule is CN(C)C1=CCCN1c1ccccc1. The Morgan fingerprint density at radius 1 is 1.14 bits per heavy atom. The van der Waals surface area contributed by atoms with Crippen molar-refractivity contribution in [2.75, 3.05) is 25.5 Å². The van der Waals surface area contributed by atoms with Gasteiger partial charge in [0.25, 0.3) is 0 Å². The smallest absolute Gasteiger partial charge is 0.104 e. The predicted molar refractivity (Wildman–Crippen MR) is 60.2 cm³/mol. The maximum atomic E-state index is 2.35. The van der Waals surface area contributed by atoms with Gasteiger partial charge in [-0.25, -0.2) is 0 Å². The van der Waals surface area contributed by atoms with E-state index in [4.69, 9.17) is 0 Å². The van der Waals surface area contributed by atoms with Crippen LogP contribution in [0.1, 0.15) is 6.42 Å². The van der Waals surface area contributed by atoms with Crippen LogP contribution in [-0.4, -0.2) is 25.5 Å². The molecular formula is C12H16N2. The molecule has 0 atom stereocenters. The molecule has 1 aromatic carbocycles. The summed E-state index contributed by atoms with van der Waals surface area (Å²) in [6.45, 7) is 1.09. The summed E-state index contributed by atoms with van der Waals surface area (Å²) in [5, 5.41) is 0. The summed E-state index contributed by atoms with van der Waals surface area (Å²) in [5.41, 5.74) is 1.28. The van der Waals surface area contributed by atoms with E-state index in [2.05, 4.69) is 60.3 Å². The van der Waals surface area contributed by atoms with Gasteiger partial charge in [-0.1, -0.05) is 18.2 Å². The van der Waals surface area contributed by atoms with Gasteiger partial charge >= 0.3 is 0 Å². The largest absolute Gasteiger partial charge is 0.364 e. The number of anilines is 1. The Balaban J connectivity index is 2.24. The Hall–Kier alpha value is -1.44. The van der Waals surface area contributed by atoms with E-state index >= 15 is 0 Å². The lowest BCUT2D eigenvalue weighted by Crippen LogP contribution is -2.27. The summed E-state index contributed by atoms with van der Waals surface area (Å²) in [5.74, 6) is 1.30. The molecule has 0 saturated heterocycles. The predicted octanol–water partition coefficient (Wildman–Crippen LogP) is 2.30. The van der Waals surface area contributed by atoms with Crippen molar-refractivity contribution in [1.29, 1.82) is 0 Å². The lowest BCUT2D eigenvalue weighted by atomic mass is 10.3. The minimum absolute atomic E-state index is 1.09. The van der Waals surface area contributed by atoms with Crippen LogP contribution < -0.4 is 4.90 Å². The van der Waals surface area contributed by atoms with Crippen molar-refractivity contribution >= 4 is 5.69 Å². The highest BCUT2D eigenvalue weighted by atomic mass is 15.3. The zero-order chi connectivity index (χ0) is 9.97. The molecule has 0 unspecified atom stereocenters. The van der Waals surface area contributed by atoms with Crippen LogP contribution in [0.5, 0.6) is 0 Å². The average Bonchev–Trinajstić information content (AvgIpc) is 2.67. The number of hydrogen-bond donors (Lipinski definition) is 0. The summed E-state index contributed by atoms with van der Waals surface area (Å²) in [7, 11) is 4.18. The third-order valence-electron chi connectivity index (χ3n) is 2.48. The van der Waals surface area contributed by atoms with E-state index < -0.39 is 0 Å². The average molecular weight is 188 g/mol. The Morgan fingerprint density at radius 3 is 2.50 bits per heavy atom. The molecule has 1 aromatic rings. The van der Waals surface area contributed by atoms with Crippen LogP contribution in [0.25, 0.3) is 0 Å². The van der Waals surface area contributed by atoms with Gasteiger partial charge in [-0.2, -0.15) is 0 Å². The van der Waals surface area contributed by atoms with Gasteiger partial charge in [0.15, 0.2) is 0 Å². The summed E-state index contributed by atoms with van der Waals surface area (Å²) >= 11 is 0. The highest BCUT2D eigenvalue weighted by molar-refractivity contribution is 5.53. The van der Waals surface area contributed by atoms with Crippen LogP contribution in [0.4, 0.5) is 5.69 Å². The van der Waals surface area contributed by atoms with Crippen molar-refractivity contribution in [3.63, 3.8) is 0 Å². The Morgan fingerprint density at radius 2 is 1.86 bits per heavy atom. The molecule has 1 aliphatic heterocycles. The second-order valence-corrected chi connectivity index (χ2v) is 3.73. The van der Waals surface area contributed by atoms with Gasteiger partial charge in [0, 0.05) is 26.3 Å². The number of benzene rings is 1. The number of hydrogen-bond acceptors (Lipinski definition) is 2. The lowest BCUT2D eigenvalue weighted by molar-refractivity contribution is 0.499. The van der Waals surface area contributed by atoms with Crippen molar-refractivity contribution in [2.24, 2.45) is 0 Å². The number of nitrogens with zero attached hydrogens (tertiary/aromatic N) is 2. The van der Waals surface area contributed by atoms with Gasteiger partial charge in [-0.15, -0.1) is 0 Å².